The van der Waals surface area contributed by atoms with Gasteiger partial charge < -0.3 is 4.74 Å². The molecule has 0 unspecified atom stereocenters. The number of benzene rings is 1. The second-order valence-corrected chi connectivity index (χ2v) is 5.22. The number of hydrogen-bond acceptors (Lipinski definition) is 3. The van der Waals surface area contributed by atoms with Gasteiger partial charge in [0.25, 0.3) is 0 Å². The number of carbonyl (C=O) groups is 2. The quantitative estimate of drug-likeness (QED) is 0.411. The van der Waals surface area contributed by atoms with Gasteiger partial charge in [0.05, 0.1) is 11.1 Å². The van der Waals surface area contributed by atoms with Crippen LogP contribution in [0.5, 0.6) is 0 Å². The highest BCUT2D eigenvalue weighted by Gasteiger charge is 2.32. The molecule has 0 aromatic heterocycles. The minimum absolute atomic E-state index is 0.129. The number of hydrogen-bond donors (Lipinski definition) is 0. The molecule has 6 heteroatoms. The summed E-state index contributed by atoms with van der Waals surface area (Å²) in [6.45, 7) is 0. The zero-order valence-corrected chi connectivity index (χ0v) is 9.36. The van der Waals surface area contributed by atoms with Crippen LogP contribution in [0.4, 0.5) is 0 Å². The highest BCUT2D eigenvalue weighted by atomic mass is 35.6. The van der Waals surface area contributed by atoms with Crippen molar-refractivity contribution in [2.45, 2.75) is 3.79 Å². The van der Waals surface area contributed by atoms with E-state index in [4.69, 9.17) is 34.8 Å². The third kappa shape index (κ3) is 1.83. The van der Waals surface area contributed by atoms with Gasteiger partial charge in [-0.3, -0.25) is 0 Å². The number of cyclic esters (lactones) is 2. The molecule has 78 valence electrons. The number of carbonyl (C=O) groups excluding carboxylic acids is 2. The van der Waals surface area contributed by atoms with Crippen LogP contribution in [0.25, 0.3) is 0 Å². The zero-order chi connectivity index (χ0) is 11.2. The van der Waals surface area contributed by atoms with Crippen LogP contribution >= 0.6 is 34.8 Å². The molecular formula is C9H3Cl3O3. The molecule has 3 nitrogen and oxygen atoms in total. The van der Waals surface area contributed by atoms with Crippen LogP contribution in [-0.4, -0.2) is 11.9 Å². The summed E-state index contributed by atoms with van der Waals surface area (Å²) in [4.78, 5) is 22.3. The van der Waals surface area contributed by atoms with E-state index in [0.717, 1.165) is 0 Å². The Bertz CT molecular complexity index is 462. The Labute approximate surface area is 99.9 Å². The third-order valence-corrected chi connectivity index (χ3v) is 2.63. The molecule has 0 amide bonds. The molecule has 1 aromatic rings. The highest BCUT2D eigenvalue weighted by molar-refractivity contribution is 6.66. The van der Waals surface area contributed by atoms with E-state index >= 15 is 0 Å². The van der Waals surface area contributed by atoms with Crippen molar-refractivity contribution < 1.29 is 14.3 Å². The van der Waals surface area contributed by atoms with E-state index in [-0.39, 0.29) is 11.1 Å². The van der Waals surface area contributed by atoms with Gasteiger partial charge >= 0.3 is 11.9 Å². The van der Waals surface area contributed by atoms with Crippen molar-refractivity contribution in [3.8, 4) is 0 Å². The Kier molecular flexibility index (Phi) is 2.41. The zero-order valence-electron chi connectivity index (χ0n) is 7.09. The first kappa shape index (κ1) is 10.7. The maximum absolute atomic E-state index is 11.2. The van der Waals surface area contributed by atoms with Gasteiger partial charge in [0, 0.05) is 5.56 Å². The van der Waals surface area contributed by atoms with E-state index in [9.17, 15) is 9.59 Å². The SMILES string of the molecule is O=C1OC(=O)c2cc(C(Cl)(Cl)Cl)ccc21. The standard InChI is InChI=1S/C9H3Cl3O3/c10-9(11,12)4-1-2-5-6(3-4)8(14)15-7(5)13/h1-3H. The average molecular weight is 265 g/mol. The summed E-state index contributed by atoms with van der Waals surface area (Å²) in [5, 5.41) is 0. The van der Waals surface area contributed by atoms with Gasteiger partial charge in [0.1, 0.15) is 0 Å². The number of ether oxygens (including phenoxy) is 1. The lowest BCUT2D eigenvalue weighted by molar-refractivity contribution is 0.0444. The van der Waals surface area contributed by atoms with Gasteiger partial charge in [-0.05, 0) is 12.1 Å². The monoisotopic (exact) mass is 264 g/mol. The predicted octanol–water partition coefficient (Wildman–Crippen LogP) is 2.82. The number of rotatable bonds is 0. The van der Waals surface area contributed by atoms with Crippen molar-refractivity contribution in [3.63, 3.8) is 0 Å². The molecule has 0 saturated carbocycles. The summed E-state index contributed by atoms with van der Waals surface area (Å²) in [6.07, 6.45) is 0. The van der Waals surface area contributed by atoms with Crippen molar-refractivity contribution in [3.05, 3.63) is 34.9 Å². The predicted molar refractivity (Wildman–Crippen MR) is 55.4 cm³/mol. The molecule has 1 aliphatic rings. The molecule has 0 aliphatic carbocycles. The average Bonchev–Trinajstić information content (AvgIpc) is 2.41. The summed E-state index contributed by atoms with van der Waals surface area (Å²) >= 11 is 16.9. The molecule has 0 N–H and O–H groups in total. The first-order valence-corrected chi connectivity index (χ1v) is 5.01. The topological polar surface area (TPSA) is 43.4 Å². The minimum Gasteiger partial charge on any atom is -0.386 e. The lowest BCUT2D eigenvalue weighted by Gasteiger charge is -2.10. The van der Waals surface area contributed by atoms with Crippen molar-refractivity contribution in [1.29, 1.82) is 0 Å². The number of esters is 2. The Morgan fingerprint density at radius 3 is 2.20 bits per heavy atom. The molecule has 0 spiro atoms. The number of fused-ring (bicyclic) bond motifs is 1. The van der Waals surface area contributed by atoms with Crippen LogP contribution in [0, 0.1) is 0 Å². The summed E-state index contributed by atoms with van der Waals surface area (Å²) in [5.74, 6) is -1.39. The fraction of sp³-hybridized carbons (Fsp3) is 0.111. The van der Waals surface area contributed by atoms with Crippen molar-refractivity contribution in [1.82, 2.24) is 0 Å². The minimum atomic E-state index is -1.62. The maximum Gasteiger partial charge on any atom is 0.346 e. The highest BCUT2D eigenvalue weighted by Crippen LogP contribution is 2.39. The normalized spacial score (nSPS) is 15.1. The van der Waals surface area contributed by atoms with Gasteiger partial charge in [0.2, 0.25) is 3.79 Å². The van der Waals surface area contributed by atoms with Crippen LogP contribution in [0.3, 0.4) is 0 Å². The van der Waals surface area contributed by atoms with Crippen LogP contribution in [0.1, 0.15) is 26.3 Å². The maximum atomic E-state index is 11.2. The Hall–Kier alpha value is -0.770. The molecule has 0 radical (unpaired) electrons. The fourth-order valence-corrected chi connectivity index (χ4v) is 1.61. The lowest BCUT2D eigenvalue weighted by Crippen LogP contribution is -2.02. The molecule has 0 saturated heterocycles. The Morgan fingerprint density at radius 1 is 1.00 bits per heavy atom. The van der Waals surface area contributed by atoms with Crippen LogP contribution in [0.2, 0.25) is 0 Å². The number of halogens is 3. The Morgan fingerprint density at radius 2 is 1.60 bits per heavy atom. The second kappa shape index (κ2) is 3.37. The van der Waals surface area contributed by atoms with Crippen molar-refractivity contribution in [2.24, 2.45) is 0 Å². The van der Waals surface area contributed by atoms with Gasteiger partial charge in [0.15, 0.2) is 0 Å². The molecule has 0 atom stereocenters. The van der Waals surface area contributed by atoms with Crippen LogP contribution < -0.4 is 0 Å². The molecule has 1 heterocycles. The van der Waals surface area contributed by atoms with Gasteiger partial charge in [-0.15, -0.1) is 0 Å². The summed E-state index contributed by atoms with van der Waals surface area (Å²) in [5.41, 5.74) is 0.639. The Balaban J connectivity index is 2.57. The molecule has 2 rings (SSSR count). The molecule has 0 bridgehead atoms. The van der Waals surface area contributed by atoms with E-state index < -0.39 is 15.7 Å². The van der Waals surface area contributed by atoms with Gasteiger partial charge in [-0.2, -0.15) is 0 Å². The summed E-state index contributed by atoms with van der Waals surface area (Å²) in [6, 6.07) is 4.21. The van der Waals surface area contributed by atoms with E-state index in [1.165, 1.54) is 18.2 Å². The molecule has 1 aromatic carbocycles. The van der Waals surface area contributed by atoms with Crippen LogP contribution in [-0.2, 0) is 8.53 Å². The van der Waals surface area contributed by atoms with Gasteiger partial charge in [-0.1, -0.05) is 40.9 Å². The first-order chi connectivity index (χ1) is 6.89. The van der Waals surface area contributed by atoms with Gasteiger partial charge in [-0.25, -0.2) is 9.59 Å². The molecule has 15 heavy (non-hydrogen) atoms. The van der Waals surface area contributed by atoms with E-state index in [1.54, 1.807) is 0 Å². The molecular weight excluding hydrogens is 262 g/mol. The summed E-state index contributed by atoms with van der Waals surface area (Å²) < 4.78 is 2.77. The molecule has 0 fully saturated rings. The second-order valence-electron chi connectivity index (χ2n) is 2.94. The van der Waals surface area contributed by atoms with Crippen molar-refractivity contribution in [2.75, 3.05) is 0 Å². The van der Waals surface area contributed by atoms with E-state index in [2.05, 4.69) is 4.74 Å². The van der Waals surface area contributed by atoms with Crippen molar-refractivity contribution >= 4 is 46.7 Å². The lowest BCUT2D eigenvalue weighted by atomic mass is 10.1. The first-order valence-electron chi connectivity index (χ1n) is 3.87. The molecule has 1 aliphatic heterocycles. The number of alkyl halides is 3. The largest absolute Gasteiger partial charge is 0.386 e. The smallest absolute Gasteiger partial charge is 0.346 e. The third-order valence-electron chi connectivity index (χ3n) is 1.97. The fourth-order valence-electron chi connectivity index (χ4n) is 1.26. The van der Waals surface area contributed by atoms with E-state index in [0.29, 0.717) is 5.56 Å². The summed E-state index contributed by atoms with van der Waals surface area (Å²) in [7, 11) is 0. The van der Waals surface area contributed by atoms with E-state index in [1.807, 2.05) is 0 Å². The van der Waals surface area contributed by atoms with Crippen LogP contribution in [0.15, 0.2) is 18.2 Å².